The highest BCUT2D eigenvalue weighted by atomic mass is 16.6. The van der Waals surface area contributed by atoms with Crippen LogP contribution in [0, 0.1) is 0 Å². The number of carbonyl (C=O) groups excluding carboxylic acids is 1. The summed E-state index contributed by atoms with van der Waals surface area (Å²) in [6, 6.07) is 0. The lowest BCUT2D eigenvalue weighted by atomic mass is 10.0. The summed E-state index contributed by atoms with van der Waals surface area (Å²) in [5.41, 5.74) is 0. The molecule has 5 N–H and O–H groups in total. The molecule has 0 heterocycles. The van der Waals surface area contributed by atoms with Gasteiger partial charge in [-0.3, -0.25) is 4.79 Å². The van der Waals surface area contributed by atoms with E-state index in [9.17, 15) is 20.1 Å². The number of rotatable bonds is 13. The van der Waals surface area contributed by atoms with Gasteiger partial charge >= 0.3 is 5.97 Å². The van der Waals surface area contributed by atoms with E-state index in [1.54, 1.807) is 0 Å². The summed E-state index contributed by atoms with van der Waals surface area (Å²) in [6.45, 7) is 0.644. The third kappa shape index (κ3) is 8.65. The van der Waals surface area contributed by atoms with Gasteiger partial charge in [0, 0.05) is 6.42 Å². The third-order valence-corrected chi connectivity index (χ3v) is 3.49. The smallest absolute Gasteiger partial charge is 0.306 e. The number of unbranched alkanes of at least 4 members (excludes halogenated alkanes) is 5. The van der Waals surface area contributed by atoms with Crippen LogP contribution in [0.3, 0.4) is 0 Å². The molecule has 0 fully saturated rings. The predicted octanol–water partition coefficient (Wildman–Crippen LogP) is -0.284. The number of aliphatic hydroxyl groups is 5. The Balaban J connectivity index is 4.22. The van der Waals surface area contributed by atoms with Crippen LogP contribution >= 0.6 is 0 Å². The maximum Gasteiger partial charge on any atom is 0.306 e. The highest BCUT2D eigenvalue weighted by Gasteiger charge is 2.34. The van der Waals surface area contributed by atoms with Crippen molar-refractivity contribution in [2.24, 2.45) is 0 Å². The van der Waals surface area contributed by atoms with Gasteiger partial charge in [-0.15, -0.1) is 0 Å². The largest absolute Gasteiger partial charge is 0.457 e. The molecule has 0 amide bonds. The van der Waals surface area contributed by atoms with E-state index in [-0.39, 0.29) is 6.42 Å². The molecule has 0 aliphatic heterocycles. The monoisotopic (exact) mass is 322 g/mol. The van der Waals surface area contributed by atoms with Crippen molar-refractivity contribution in [1.29, 1.82) is 0 Å². The standard InChI is InChI=1S/C15H30O7/c1-2-3-4-5-6-7-8-13(20)22-15(12(19)10-17)14(21)11(18)9-16/h11-12,14-19,21H,2-10H2,1H3/t11-,12+,14-,15-/m1/s1. The van der Waals surface area contributed by atoms with Crippen molar-refractivity contribution in [1.82, 2.24) is 0 Å². The first kappa shape index (κ1) is 21.3. The molecule has 7 nitrogen and oxygen atoms in total. The Morgan fingerprint density at radius 2 is 1.45 bits per heavy atom. The molecule has 7 heteroatoms. The number of carbonyl (C=O) groups is 1. The second-order valence-corrected chi connectivity index (χ2v) is 5.46. The Labute approximate surface area is 131 Å². The first-order chi connectivity index (χ1) is 10.5. The molecule has 0 saturated carbocycles. The third-order valence-electron chi connectivity index (χ3n) is 3.49. The van der Waals surface area contributed by atoms with Crippen LogP contribution in [0.15, 0.2) is 0 Å². The van der Waals surface area contributed by atoms with E-state index in [1.165, 1.54) is 6.42 Å². The number of hydrogen-bond donors (Lipinski definition) is 5. The summed E-state index contributed by atoms with van der Waals surface area (Å²) >= 11 is 0. The fourth-order valence-corrected chi connectivity index (χ4v) is 2.07. The summed E-state index contributed by atoms with van der Waals surface area (Å²) in [6.07, 6.45) is -0.0724. The van der Waals surface area contributed by atoms with Crippen LogP contribution < -0.4 is 0 Å². The van der Waals surface area contributed by atoms with E-state index in [2.05, 4.69) is 6.92 Å². The van der Waals surface area contributed by atoms with Gasteiger partial charge < -0.3 is 30.3 Å². The molecule has 0 aromatic carbocycles. The van der Waals surface area contributed by atoms with Crippen molar-refractivity contribution in [3.8, 4) is 0 Å². The van der Waals surface area contributed by atoms with Crippen LogP contribution in [-0.4, -0.2) is 69.1 Å². The molecular formula is C15H30O7. The first-order valence-corrected chi connectivity index (χ1v) is 7.93. The minimum atomic E-state index is -1.67. The Bertz CT molecular complexity index is 285. The van der Waals surface area contributed by atoms with Crippen molar-refractivity contribution in [3.05, 3.63) is 0 Å². The Morgan fingerprint density at radius 1 is 0.909 bits per heavy atom. The van der Waals surface area contributed by atoms with Crippen LogP contribution in [-0.2, 0) is 9.53 Å². The minimum absolute atomic E-state index is 0.142. The lowest BCUT2D eigenvalue weighted by Gasteiger charge is -2.28. The molecule has 0 aromatic rings. The van der Waals surface area contributed by atoms with Crippen molar-refractivity contribution >= 4 is 5.97 Å². The number of esters is 1. The topological polar surface area (TPSA) is 127 Å². The molecule has 132 valence electrons. The van der Waals surface area contributed by atoms with Gasteiger partial charge in [0.05, 0.1) is 13.2 Å². The molecule has 22 heavy (non-hydrogen) atoms. The normalized spacial score (nSPS) is 16.8. The van der Waals surface area contributed by atoms with Gasteiger partial charge in [0.2, 0.25) is 0 Å². The van der Waals surface area contributed by atoms with Crippen LogP contribution in [0.25, 0.3) is 0 Å². The molecule has 0 spiro atoms. The van der Waals surface area contributed by atoms with E-state index in [1.807, 2.05) is 0 Å². The lowest BCUT2D eigenvalue weighted by molar-refractivity contribution is -0.177. The Kier molecular flexibility index (Phi) is 12.4. The van der Waals surface area contributed by atoms with Crippen molar-refractivity contribution in [2.75, 3.05) is 13.2 Å². The molecule has 0 bridgehead atoms. The van der Waals surface area contributed by atoms with E-state index < -0.39 is 43.6 Å². The molecule has 0 rings (SSSR count). The second-order valence-electron chi connectivity index (χ2n) is 5.46. The number of ether oxygens (including phenoxy) is 1. The summed E-state index contributed by atoms with van der Waals surface area (Å²) in [5, 5.41) is 46.4. The molecule has 0 aromatic heterocycles. The molecule has 0 unspecified atom stereocenters. The highest BCUT2D eigenvalue weighted by Crippen LogP contribution is 2.13. The highest BCUT2D eigenvalue weighted by molar-refractivity contribution is 5.69. The van der Waals surface area contributed by atoms with Crippen molar-refractivity contribution in [2.45, 2.75) is 76.3 Å². The zero-order valence-electron chi connectivity index (χ0n) is 13.2. The Morgan fingerprint density at radius 3 is 2.00 bits per heavy atom. The first-order valence-electron chi connectivity index (χ1n) is 7.93. The number of aliphatic hydroxyl groups excluding tert-OH is 5. The maximum absolute atomic E-state index is 11.7. The van der Waals surface area contributed by atoms with E-state index >= 15 is 0 Å². The fourth-order valence-electron chi connectivity index (χ4n) is 2.07. The summed E-state index contributed by atoms with van der Waals surface area (Å²) in [4.78, 5) is 11.7. The second kappa shape index (κ2) is 12.8. The van der Waals surface area contributed by atoms with Crippen molar-refractivity contribution in [3.63, 3.8) is 0 Å². The van der Waals surface area contributed by atoms with Gasteiger partial charge in [0.15, 0.2) is 6.10 Å². The quantitative estimate of drug-likeness (QED) is 0.233. The summed E-state index contributed by atoms with van der Waals surface area (Å²) in [5.74, 6) is -0.614. The molecule has 0 saturated heterocycles. The number of hydrogen-bond acceptors (Lipinski definition) is 7. The summed E-state index contributed by atoms with van der Waals surface area (Å²) in [7, 11) is 0. The molecule has 0 radical (unpaired) electrons. The maximum atomic E-state index is 11.7. The zero-order valence-corrected chi connectivity index (χ0v) is 13.2. The van der Waals surface area contributed by atoms with E-state index in [0.717, 1.165) is 25.7 Å². The fraction of sp³-hybridized carbons (Fsp3) is 0.933. The van der Waals surface area contributed by atoms with Gasteiger partial charge in [-0.1, -0.05) is 39.0 Å². The van der Waals surface area contributed by atoms with Gasteiger partial charge in [0.25, 0.3) is 0 Å². The zero-order chi connectivity index (χ0) is 17.0. The van der Waals surface area contributed by atoms with Gasteiger partial charge in [-0.05, 0) is 6.42 Å². The van der Waals surface area contributed by atoms with Gasteiger partial charge in [-0.2, -0.15) is 0 Å². The van der Waals surface area contributed by atoms with Gasteiger partial charge in [-0.25, -0.2) is 0 Å². The van der Waals surface area contributed by atoms with E-state index in [4.69, 9.17) is 14.9 Å². The molecule has 4 atom stereocenters. The lowest BCUT2D eigenvalue weighted by Crippen LogP contribution is -2.49. The average Bonchev–Trinajstić information content (AvgIpc) is 2.53. The predicted molar refractivity (Wildman–Crippen MR) is 80.1 cm³/mol. The van der Waals surface area contributed by atoms with Gasteiger partial charge in [0.1, 0.15) is 18.3 Å². The average molecular weight is 322 g/mol. The van der Waals surface area contributed by atoms with Crippen molar-refractivity contribution < 1.29 is 35.1 Å². The van der Waals surface area contributed by atoms with Crippen LogP contribution in [0.2, 0.25) is 0 Å². The van der Waals surface area contributed by atoms with E-state index in [0.29, 0.717) is 6.42 Å². The van der Waals surface area contributed by atoms with Crippen LogP contribution in [0.5, 0.6) is 0 Å². The Hall–Kier alpha value is -0.730. The SMILES string of the molecule is CCCCCCCCC(=O)O[C@@H]([C@H](O)[C@H](O)CO)[C@@H](O)CO. The molecular weight excluding hydrogens is 292 g/mol. The summed E-state index contributed by atoms with van der Waals surface area (Å²) < 4.78 is 4.95. The van der Waals surface area contributed by atoms with Crippen LogP contribution in [0.1, 0.15) is 51.9 Å². The molecule has 0 aliphatic rings. The molecule has 0 aliphatic carbocycles. The minimum Gasteiger partial charge on any atom is -0.457 e. The van der Waals surface area contributed by atoms with Crippen LogP contribution in [0.4, 0.5) is 0 Å².